The molecule has 0 aromatic rings. The molecular weight excluding hydrogens is 143 g/mol. The molecule has 0 N–H and O–H groups in total. The van der Waals surface area contributed by atoms with E-state index in [4.69, 9.17) is 0 Å². The molecule has 0 heterocycles. The van der Waals surface area contributed by atoms with Crippen LogP contribution in [-0.4, -0.2) is 7.85 Å². The van der Waals surface area contributed by atoms with E-state index in [1.165, 1.54) is 64.1 Å². The predicted molar refractivity (Wildman–Crippen MR) is 58.4 cm³/mol. The molecule has 1 aliphatic carbocycles. The number of rotatable bonds is 3. The minimum absolute atomic E-state index is 1.09. The predicted octanol–water partition coefficient (Wildman–Crippen LogP) is 3.18. The zero-order valence-electron chi connectivity index (χ0n) is 8.65. The molecule has 0 unspecified atom stereocenters. The molecule has 0 aromatic heterocycles. The van der Waals surface area contributed by atoms with Gasteiger partial charge >= 0.3 is 0 Å². The van der Waals surface area contributed by atoms with Crippen molar-refractivity contribution in [1.29, 1.82) is 0 Å². The summed E-state index contributed by atoms with van der Waals surface area (Å²) in [6.45, 7) is 0. The lowest BCUT2D eigenvalue weighted by molar-refractivity contribution is 0.356. The fourth-order valence-corrected chi connectivity index (χ4v) is 2.32. The highest BCUT2D eigenvalue weighted by molar-refractivity contribution is 6.08. The van der Waals surface area contributed by atoms with Crippen molar-refractivity contribution in [2.75, 3.05) is 0 Å². The van der Waals surface area contributed by atoms with Gasteiger partial charge in [0.2, 0.25) is 0 Å². The summed E-state index contributed by atoms with van der Waals surface area (Å²) in [6, 6.07) is 0. The normalized spacial score (nSPS) is 21.7. The molecule has 0 amide bonds. The van der Waals surface area contributed by atoms with E-state index < -0.39 is 0 Å². The van der Waals surface area contributed by atoms with E-state index in [1.54, 1.807) is 0 Å². The first-order valence-electron chi connectivity index (χ1n) is 5.93. The topological polar surface area (TPSA) is 0 Å². The van der Waals surface area contributed by atoms with Crippen LogP contribution in [0, 0.1) is 5.92 Å². The maximum absolute atomic E-state index is 2.31. The molecule has 1 rings (SSSR count). The highest BCUT2D eigenvalue weighted by Crippen LogP contribution is 2.25. The lowest BCUT2D eigenvalue weighted by atomic mass is 9.86. The molecule has 0 bridgehead atoms. The summed E-state index contributed by atoms with van der Waals surface area (Å²) in [5.74, 6) is 1.09. The Labute approximate surface area is 78.5 Å². The third-order valence-electron chi connectivity index (χ3n) is 3.19. The number of hydrogen-bond acceptors (Lipinski definition) is 0. The summed E-state index contributed by atoms with van der Waals surface area (Å²) in [7, 11) is 2.31. The maximum Gasteiger partial charge on any atom is 0.101 e. The maximum atomic E-state index is 2.31. The first kappa shape index (κ1) is 10.1. The van der Waals surface area contributed by atoms with Crippen molar-refractivity contribution in [3.05, 3.63) is 0 Å². The van der Waals surface area contributed by atoms with Crippen molar-refractivity contribution in [3.63, 3.8) is 0 Å². The van der Waals surface area contributed by atoms with Crippen LogP contribution in [0.15, 0.2) is 0 Å². The summed E-state index contributed by atoms with van der Waals surface area (Å²) in [5.41, 5.74) is 0. The van der Waals surface area contributed by atoms with Gasteiger partial charge in [-0.25, -0.2) is 0 Å². The largest absolute Gasteiger partial charge is 0.101 e. The zero-order valence-corrected chi connectivity index (χ0v) is 8.65. The third kappa shape index (κ3) is 4.18. The van der Waals surface area contributed by atoms with Crippen molar-refractivity contribution >= 4 is 7.85 Å². The monoisotopic (exact) mass is 166 g/mol. The zero-order chi connectivity index (χ0) is 8.65. The fourth-order valence-electron chi connectivity index (χ4n) is 2.32. The molecule has 0 saturated heterocycles. The van der Waals surface area contributed by atoms with Gasteiger partial charge in [-0.15, -0.1) is 0 Å². The van der Waals surface area contributed by atoms with Gasteiger partial charge in [-0.1, -0.05) is 64.1 Å². The molecule has 0 radical (unpaired) electrons. The second kappa shape index (κ2) is 6.57. The fraction of sp³-hybridized carbons (Fsp3) is 1.00. The Kier molecular flexibility index (Phi) is 5.55. The van der Waals surface area contributed by atoms with Gasteiger partial charge in [0.05, 0.1) is 0 Å². The van der Waals surface area contributed by atoms with Gasteiger partial charge in [-0.05, 0) is 5.92 Å². The first-order chi connectivity index (χ1) is 5.93. The Morgan fingerprint density at radius 2 is 1.50 bits per heavy atom. The molecule has 0 nitrogen and oxygen atoms in total. The average molecular weight is 166 g/mol. The van der Waals surface area contributed by atoms with Crippen molar-refractivity contribution in [3.8, 4) is 0 Å². The second-order valence-corrected chi connectivity index (χ2v) is 4.35. The van der Waals surface area contributed by atoms with Crippen molar-refractivity contribution in [1.82, 2.24) is 0 Å². The molecule has 1 saturated carbocycles. The lowest BCUT2D eigenvalue weighted by Crippen LogP contribution is -2.03. The molecule has 0 spiro atoms. The summed E-state index contributed by atoms with van der Waals surface area (Å²) >= 11 is 0. The van der Waals surface area contributed by atoms with E-state index in [-0.39, 0.29) is 0 Å². The Hall–Kier alpha value is 0.0649. The molecule has 1 fully saturated rings. The minimum atomic E-state index is 1.09. The molecule has 1 aliphatic rings. The van der Waals surface area contributed by atoms with Crippen LogP contribution in [0.3, 0.4) is 0 Å². The summed E-state index contributed by atoms with van der Waals surface area (Å²) < 4.78 is 0. The molecule has 0 aliphatic heterocycles. The average Bonchev–Trinajstić information content (AvgIpc) is 2.02. The third-order valence-corrected chi connectivity index (χ3v) is 3.19. The van der Waals surface area contributed by atoms with Crippen LogP contribution in [-0.2, 0) is 0 Å². The SMILES string of the molecule is BCCCC1CCCCCCC1. The molecule has 0 aromatic carbocycles. The van der Waals surface area contributed by atoms with Crippen molar-refractivity contribution in [2.24, 2.45) is 5.92 Å². The van der Waals surface area contributed by atoms with Gasteiger partial charge < -0.3 is 0 Å². The second-order valence-electron chi connectivity index (χ2n) is 4.35. The van der Waals surface area contributed by atoms with Crippen LogP contribution in [0.4, 0.5) is 0 Å². The van der Waals surface area contributed by atoms with Gasteiger partial charge in [0, 0.05) is 0 Å². The summed E-state index contributed by atoms with van der Waals surface area (Å²) in [5, 5.41) is 0. The Balaban J connectivity index is 2.11. The van der Waals surface area contributed by atoms with Crippen LogP contribution in [0.1, 0.15) is 57.8 Å². The van der Waals surface area contributed by atoms with E-state index in [0.717, 1.165) is 5.92 Å². The number of hydrogen-bond donors (Lipinski definition) is 0. The molecular formula is C11H23B. The summed E-state index contributed by atoms with van der Waals surface area (Å²) in [6.07, 6.45) is 14.9. The van der Waals surface area contributed by atoms with E-state index in [1.807, 2.05) is 0 Å². The van der Waals surface area contributed by atoms with Gasteiger partial charge in [0.1, 0.15) is 7.85 Å². The highest BCUT2D eigenvalue weighted by Gasteiger charge is 2.09. The van der Waals surface area contributed by atoms with Crippen molar-refractivity contribution < 1.29 is 0 Å². The van der Waals surface area contributed by atoms with Gasteiger partial charge in [0.25, 0.3) is 0 Å². The smallest absolute Gasteiger partial charge is 0.0810 e. The van der Waals surface area contributed by atoms with Crippen LogP contribution >= 0.6 is 0 Å². The van der Waals surface area contributed by atoms with E-state index in [9.17, 15) is 0 Å². The van der Waals surface area contributed by atoms with Gasteiger partial charge in [0.15, 0.2) is 0 Å². The molecule has 0 atom stereocenters. The van der Waals surface area contributed by atoms with E-state index >= 15 is 0 Å². The minimum Gasteiger partial charge on any atom is -0.0810 e. The van der Waals surface area contributed by atoms with Crippen molar-refractivity contribution in [2.45, 2.75) is 64.1 Å². The lowest BCUT2D eigenvalue weighted by Gasteiger charge is -2.18. The van der Waals surface area contributed by atoms with Gasteiger partial charge in [-0.2, -0.15) is 0 Å². The molecule has 70 valence electrons. The quantitative estimate of drug-likeness (QED) is 0.565. The summed E-state index contributed by atoms with van der Waals surface area (Å²) in [4.78, 5) is 0. The Bertz CT molecular complexity index is 90.4. The Morgan fingerprint density at radius 3 is 2.08 bits per heavy atom. The highest BCUT2D eigenvalue weighted by atomic mass is 14.2. The Morgan fingerprint density at radius 1 is 0.917 bits per heavy atom. The van der Waals surface area contributed by atoms with Crippen LogP contribution in [0.5, 0.6) is 0 Å². The molecule has 1 heteroatoms. The van der Waals surface area contributed by atoms with Crippen LogP contribution < -0.4 is 0 Å². The molecule has 12 heavy (non-hydrogen) atoms. The van der Waals surface area contributed by atoms with Crippen LogP contribution in [0.25, 0.3) is 0 Å². The first-order valence-corrected chi connectivity index (χ1v) is 5.93. The van der Waals surface area contributed by atoms with Gasteiger partial charge in [-0.3, -0.25) is 0 Å². The standard InChI is InChI=1S/C11H23B/c12-10-6-9-11-7-4-2-1-3-5-8-11/h11H,1-10,12H2. The van der Waals surface area contributed by atoms with Crippen LogP contribution in [0.2, 0.25) is 6.32 Å². The van der Waals surface area contributed by atoms with E-state index in [0.29, 0.717) is 0 Å². The van der Waals surface area contributed by atoms with E-state index in [2.05, 4.69) is 7.85 Å².